The van der Waals surface area contributed by atoms with E-state index in [0.29, 0.717) is 5.75 Å². The third-order valence-electron chi connectivity index (χ3n) is 6.88. The van der Waals surface area contributed by atoms with Gasteiger partial charge in [-0.05, 0) is 67.0 Å². The fourth-order valence-electron chi connectivity index (χ4n) is 4.82. The fourth-order valence-corrected chi connectivity index (χ4v) is 4.82. The molecule has 0 aromatic heterocycles. The zero-order valence-electron chi connectivity index (χ0n) is 20.3. The van der Waals surface area contributed by atoms with Crippen LogP contribution in [0.25, 0.3) is 11.1 Å². The van der Waals surface area contributed by atoms with Gasteiger partial charge in [-0.1, -0.05) is 82.6 Å². The van der Waals surface area contributed by atoms with Gasteiger partial charge in [-0.2, -0.15) is 8.78 Å². The van der Waals surface area contributed by atoms with Crippen molar-refractivity contribution in [3.8, 4) is 22.6 Å². The molecular formula is C29H38F2O3. The molecule has 3 nitrogen and oxygen atoms in total. The van der Waals surface area contributed by atoms with Crippen molar-refractivity contribution in [3.63, 3.8) is 0 Å². The highest BCUT2D eigenvalue weighted by Crippen LogP contribution is 2.33. The van der Waals surface area contributed by atoms with Crippen molar-refractivity contribution in [2.24, 2.45) is 11.8 Å². The topological polar surface area (TPSA) is 35.5 Å². The van der Waals surface area contributed by atoms with Crippen LogP contribution in [-0.4, -0.2) is 12.6 Å². The van der Waals surface area contributed by atoms with Gasteiger partial charge in [-0.25, -0.2) is 0 Å². The zero-order chi connectivity index (χ0) is 24.2. The van der Waals surface area contributed by atoms with Crippen LogP contribution < -0.4 is 9.47 Å². The Hall–Kier alpha value is -2.43. The normalized spacial score (nSPS) is 18.1. The van der Waals surface area contributed by atoms with Crippen LogP contribution >= 0.6 is 0 Å². The SMILES string of the molecule is CCCCCCCCCC1CCC(C(=O)Oc2ccc(-c3ccc(OC(F)F)cc3)cc2)CC1. The lowest BCUT2D eigenvalue weighted by atomic mass is 9.80. The first-order valence-corrected chi connectivity index (χ1v) is 12.9. The molecule has 0 saturated heterocycles. The molecule has 2 aromatic rings. The second kappa shape index (κ2) is 14.1. The summed E-state index contributed by atoms with van der Waals surface area (Å²) in [6, 6.07) is 13.8. The molecule has 0 aliphatic heterocycles. The van der Waals surface area contributed by atoms with Crippen LogP contribution in [0.5, 0.6) is 11.5 Å². The fraction of sp³-hybridized carbons (Fsp3) is 0.552. The zero-order valence-corrected chi connectivity index (χ0v) is 20.3. The lowest BCUT2D eigenvalue weighted by Crippen LogP contribution is -2.25. The van der Waals surface area contributed by atoms with E-state index in [9.17, 15) is 13.6 Å². The van der Waals surface area contributed by atoms with E-state index in [2.05, 4.69) is 11.7 Å². The molecule has 34 heavy (non-hydrogen) atoms. The maximum absolute atomic E-state index is 12.6. The predicted octanol–water partition coefficient (Wildman–Crippen LogP) is 8.81. The van der Waals surface area contributed by atoms with Crippen molar-refractivity contribution in [2.75, 3.05) is 0 Å². The highest BCUT2D eigenvalue weighted by molar-refractivity contribution is 5.75. The first-order valence-electron chi connectivity index (χ1n) is 12.9. The van der Waals surface area contributed by atoms with Crippen LogP contribution in [0.4, 0.5) is 8.78 Å². The average molecular weight is 473 g/mol. The molecule has 0 radical (unpaired) electrons. The Labute approximate surface area is 202 Å². The molecule has 1 aliphatic carbocycles. The van der Waals surface area contributed by atoms with Crippen LogP contribution in [-0.2, 0) is 4.79 Å². The van der Waals surface area contributed by atoms with E-state index in [1.54, 1.807) is 24.3 Å². The predicted molar refractivity (Wildman–Crippen MR) is 132 cm³/mol. The van der Waals surface area contributed by atoms with E-state index in [4.69, 9.17) is 4.74 Å². The Bertz CT molecular complexity index is 841. The molecule has 0 unspecified atom stereocenters. The summed E-state index contributed by atoms with van der Waals surface area (Å²) >= 11 is 0. The summed E-state index contributed by atoms with van der Waals surface area (Å²) in [5.74, 6) is 1.29. The van der Waals surface area contributed by atoms with Crippen molar-refractivity contribution < 1.29 is 23.0 Å². The maximum Gasteiger partial charge on any atom is 0.387 e. The third-order valence-corrected chi connectivity index (χ3v) is 6.88. The van der Waals surface area contributed by atoms with Gasteiger partial charge in [0, 0.05) is 0 Å². The number of hydrogen-bond acceptors (Lipinski definition) is 3. The Balaban J connectivity index is 1.37. The second-order valence-corrected chi connectivity index (χ2v) is 9.48. The van der Waals surface area contributed by atoms with Crippen molar-refractivity contribution in [1.82, 2.24) is 0 Å². The van der Waals surface area contributed by atoms with Crippen molar-refractivity contribution >= 4 is 5.97 Å². The summed E-state index contributed by atoms with van der Waals surface area (Å²) in [6.45, 7) is -0.580. The molecule has 0 atom stereocenters. The summed E-state index contributed by atoms with van der Waals surface area (Å²) in [7, 11) is 0. The number of rotatable bonds is 13. The first-order chi connectivity index (χ1) is 16.5. The molecule has 0 heterocycles. The van der Waals surface area contributed by atoms with Crippen molar-refractivity contribution in [3.05, 3.63) is 48.5 Å². The Morgan fingerprint density at radius 2 is 1.32 bits per heavy atom. The molecule has 186 valence electrons. The Morgan fingerprint density at radius 1 is 0.794 bits per heavy atom. The van der Waals surface area contributed by atoms with Gasteiger partial charge in [-0.3, -0.25) is 4.79 Å². The first kappa shape index (κ1) is 26.2. The van der Waals surface area contributed by atoms with E-state index in [-0.39, 0.29) is 17.6 Å². The van der Waals surface area contributed by atoms with Gasteiger partial charge in [-0.15, -0.1) is 0 Å². The number of carbonyl (C=O) groups is 1. The maximum atomic E-state index is 12.6. The van der Waals surface area contributed by atoms with E-state index < -0.39 is 6.61 Å². The third kappa shape index (κ3) is 8.73. The molecule has 1 aliphatic rings. The number of ether oxygens (including phenoxy) is 2. The molecule has 0 N–H and O–H groups in total. The minimum atomic E-state index is -2.83. The minimum Gasteiger partial charge on any atom is -0.435 e. The van der Waals surface area contributed by atoms with Gasteiger partial charge in [0.2, 0.25) is 0 Å². The van der Waals surface area contributed by atoms with Gasteiger partial charge in [0.1, 0.15) is 11.5 Å². The van der Waals surface area contributed by atoms with Crippen LogP contribution in [0.1, 0.15) is 84.0 Å². The molecular weight excluding hydrogens is 434 g/mol. The Kier molecular flexibility index (Phi) is 10.8. The second-order valence-electron chi connectivity index (χ2n) is 9.48. The van der Waals surface area contributed by atoms with Crippen molar-refractivity contribution in [1.29, 1.82) is 0 Å². The van der Waals surface area contributed by atoms with Gasteiger partial charge in [0.15, 0.2) is 0 Å². The number of unbranched alkanes of at least 4 members (excludes halogenated alkanes) is 6. The van der Waals surface area contributed by atoms with E-state index >= 15 is 0 Å². The van der Waals surface area contributed by atoms with E-state index in [1.807, 2.05) is 12.1 Å². The number of hydrogen-bond donors (Lipinski definition) is 0. The number of alkyl halides is 2. The summed E-state index contributed by atoms with van der Waals surface area (Å²) in [4.78, 5) is 12.6. The van der Waals surface area contributed by atoms with Crippen LogP contribution in [0, 0.1) is 11.8 Å². The highest BCUT2D eigenvalue weighted by atomic mass is 19.3. The molecule has 0 bridgehead atoms. The summed E-state index contributed by atoms with van der Waals surface area (Å²) in [5.41, 5.74) is 1.79. The summed E-state index contributed by atoms with van der Waals surface area (Å²) < 4.78 is 34.6. The summed E-state index contributed by atoms with van der Waals surface area (Å²) in [6.07, 6.45) is 14.8. The molecule has 1 saturated carbocycles. The smallest absolute Gasteiger partial charge is 0.387 e. The van der Waals surface area contributed by atoms with Gasteiger partial charge < -0.3 is 9.47 Å². The quantitative estimate of drug-likeness (QED) is 0.166. The van der Waals surface area contributed by atoms with E-state index in [1.165, 1.54) is 63.5 Å². The van der Waals surface area contributed by atoms with Crippen LogP contribution in [0.3, 0.4) is 0 Å². The minimum absolute atomic E-state index is 0.00708. The van der Waals surface area contributed by atoms with Gasteiger partial charge in [0.05, 0.1) is 5.92 Å². The van der Waals surface area contributed by atoms with Crippen LogP contribution in [0.15, 0.2) is 48.5 Å². The van der Waals surface area contributed by atoms with E-state index in [0.717, 1.165) is 42.7 Å². The molecule has 0 spiro atoms. The number of esters is 1. The van der Waals surface area contributed by atoms with Crippen molar-refractivity contribution in [2.45, 2.75) is 90.6 Å². The van der Waals surface area contributed by atoms with Gasteiger partial charge in [0.25, 0.3) is 0 Å². The molecule has 5 heteroatoms. The Morgan fingerprint density at radius 3 is 1.88 bits per heavy atom. The largest absolute Gasteiger partial charge is 0.435 e. The van der Waals surface area contributed by atoms with Gasteiger partial charge >= 0.3 is 12.6 Å². The molecule has 1 fully saturated rings. The summed E-state index contributed by atoms with van der Waals surface area (Å²) in [5, 5.41) is 0. The average Bonchev–Trinajstić information content (AvgIpc) is 2.84. The highest BCUT2D eigenvalue weighted by Gasteiger charge is 2.27. The lowest BCUT2D eigenvalue weighted by molar-refractivity contribution is -0.140. The monoisotopic (exact) mass is 472 g/mol. The number of benzene rings is 2. The molecule has 0 amide bonds. The lowest BCUT2D eigenvalue weighted by Gasteiger charge is -2.27. The molecule has 2 aromatic carbocycles. The van der Waals surface area contributed by atoms with Crippen LogP contribution in [0.2, 0.25) is 0 Å². The molecule has 3 rings (SSSR count). The number of halogens is 2. The standard InChI is InChI=1S/C29H38F2O3/c1-2-3-4-5-6-7-8-9-22-10-12-25(13-11-22)28(32)33-26-18-14-23(15-19-26)24-16-20-27(21-17-24)34-29(30)31/h14-22,25,29H,2-13H2,1H3. The number of carbonyl (C=O) groups excluding carboxylic acids is 1.